The first-order chi connectivity index (χ1) is 12.2. The fraction of sp³-hybridized carbons (Fsp3) is 0. The van der Waals surface area contributed by atoms with E-state index >= 15 is 0 Å². The largest absolute Gasteiger partial charge is 0.277 e. The number of nitrogens with zero attached hydrogens (tertiary/aromatic N) is 1. The Hall–Kier alpha value is -3.46. The number of rotatable bonds is 1. The molecule has 0 fully saturated rings. The van der Waals surface area contributed by atoms with Crippen molar-refractivity contribution in [2.24, 2.45) is 0 Å². The fourth-order valence-electron chi connectivity index (χ4n) is 4.46. The lowest BCUT2D eigenvalue weighted by Gasteiger charge is -2.13. The highest BCUT2D eigenvalue weighted by Crippen LogP contribution is 2.53. The highest BCUT2D eigenvalue weighted by molar-refractivity contribution is 6.33. The minimum atomic E-state index is -0.261. The van der Waals surface area contributed by atoms with Gasteiger partial charge in [-0.2, -0.15) is 0 Å². The van der Waals surface area contributed by atoms with Gasteiger partial charge in [-0.05, 0) is 55.9 Å². The van der Waals surface area contributed by atoms with Gasteiger partial charge in [0.15, 0.2) is 0 Å². The van der Waals surface area contributed by atoms with Crippen LogP contribution in [0.4, 0.5) is 5.69 Å². The first kappa shape index (κ1) is 12.9. The summed E-state index contributed by atoms with van der Waals surface area (Å²) < 4.78 is 0. The van der Waals surface area contributed by atoms with Crippen LogP contribution in [0, 0.1) is 10.1 Å². The minimum Gasteiger partial charge on any atom is -0.258 e. The van der Waals surface area contributed by atoms with E-state index in [1.165, 1.54) is 5.56 Å². The van der Waals surface area contributed by atoms with Gasteiger partial charge in [-0.1, -0.05) is 48.5 Å². The van der Waals surface area contributed by atoms with E-state index in [1.807, 2.05) is 30.3 Å². The van der Waals surface area contributed by atoms with Gasteiger partial charge in [0, 0.05) is 11.5 Å². The van der Waals surface area contributed by atoms with Crippen LogP contribution in [0.2, 0.25) is 0 Å². The van der Waals surface area contributed by atoms with Crippen molar-refractivity contribution in [3.8, 4) is 22.3 Å². The summed E-state index contributed by atoms with van der Waals surface area (Å²) in [5.41, 5.74) is 4.58. The molecule has 5 aromatic carbocycles. The second kappa shape index (κ2) is 4.14. The summed E-state index contributed by atoms with van der Waals surface area (Å²) in [6.07, 6.45) is 0. The summed E-state index contributed by atoms with van der Waals surface area (Å²) in [4.78, 5) is 11.5. The lowest BCUT2D eigenvalue weighted by Crippen LogP contribution is -1.93. The monoisotopic (exact) mass is 321 g/mol. The molecule has 0 amide bonds. The number of benzene rings is 5. The van der Waals surface area contributed by atoms with Crippen molar-refractivity contribution in [1.82, 2.24) is 0 Å². The van der Waals surface area contributed by atoms with Crippen molar-refractivity contribution >= 4 is 38.0 Å². The molecule has 0 atom stereocenters. The van der Waals surface area contributed by atoms with Gasteiger partial charge in [-0.3, -0.25) is 10.1 Å². The van der Waals surface area contributed by atoms with E-state index in [1.54, 1.807) is 6.07 Å². The molecule has 0 spiro atoms. The maximum atomic E-state index is 11.7. The molecule has 0 bridgehead atoms. The van der Waals surface area contributed by atoms with Gasteiger partial charge >= 0.3 is 0 Å². The molecule has 6 rings (SSSR count). The van der Waals surface area contributed by atoms with Crippen molar-refractivity contribution in [2.75, 3.05) is 0 Å². The van der Waals surface area contributed by atoms with Crippen molar-refractivity contribution in [3.05, 3.63) is 76.8 Å². The van der Waals surface area contributed by atoms with E-state index in [2.05, 4.69) is 30.3 Å². The lowest BCUT2D eigenvalue weighted by atomic mass is 9.90. The summed E-state index contributed by atoms with van der Waals surface area (Å²) in [7, 11) is 0. The first-order valence-corrected chi connectivity index (χ1v) is 8.23. The Morgan fingerprint density at radius 3 is 2.12 bits per heavy atom. The Morgan fingerprint density at radius 1 is 0.640 bits per heavy atom. The van der Waals surface area contributed by atoms with Crippen molar-refractivity contribution < 1.29 is 4.92 Å². The van der Waals surface area contributed by atoms with Crippen LogP contribution in [0.5, 0.6) is 0 Å². The van der Waals surface area contributed by atoms with E-state index in [9.17, 15) is 10.1 Å². The normalized spacial score (nSPS) is 12.3. The van der Waals surface area contributed by atoms with Crippen molar-refractivity contribution in [3.63, 3.8) is 0 Å². The highest BCUT2D eigenvalue weighted by Gasteiger charge is 2.28. The topological polar surface area (TPSA) is 43.1 Å². The standard InChI is InChI=1S/C22H11NO2/c24-23(25)19-11-18-15-7-2-1-6-14(15)17-10-13-5-3-4-12-8-9-16(19)22(20(12)13)21(17)18/h1-11H. The predicted molar refractivity (Wildman–Crippen MR) is 101 cm³/mol. The fourth-order valence-corrected chi connectivity index (χ4v) is 4.46. The van der Waals surface area contributed by atoms with Crippen LogP contribution in [0.1, 0.15) is 0 Å². The molecule has 116 valence electrons. The first-order valence-electron chi connectivity index (χ1n) is 8.23. The van der Waals surface area contributed by atoms with Crippen LogP contribution in [0.3, 0.4) is 0 Å². The van der Waals surface area contributed by atoms with E-state index in [0.29, 0.717) is 0 Å². The quantitative estimate of drug-likeness (QED) is 0.207. The zero-order chi connectivity index (χ0) is 16.7. The number of hydrogen-bond acceptors (Lipinski definition) is 2. The van der Waals surface area contributed by atoms with Gasteiger partial charge in [0.25, 0.3) is 5.69 Å². The van der Waals surface area contributed by atoms with Crippen molar-refractivity contribution in [2.45, 2.75) is 0 Å². The zero-order valence-electron chi connectivity index (χ0n) is 13.1. The molecule has 0 heterocycles. The molecule has 0 saturated heterocycles. The number of nitro benzene ring substituents is 1. The molecule has 0 aliphatic heterocycles. The van der Waals surface area contributed by atoms with Crippen LogP contribution in [-0.2, 0) is 0 Å². The Balaban J connectivity index is 2.01. The molecule has 25 heavy (non-hydrogen) atoms. The maximum absolute atomic E-state index is 11.7. The highest BCUT2D eigenvalue weighted by atomic mass is 16.6. The molecule has 5 aromatic rings. The maximum Gasteiger partial charge on any atom is 0.277 e. The Kier molecular flexibility index (Phi) is 2.13. The average Bonchev–Trinajstić information content (AvgIpc) is 2.96. The van der Waals surface area contributed by atoms with E-state index in [4.69, 9.17) is 0 Å². The Labute approximate surface area is 142 Å². The zero-order valence-corrected chi connectivity index (χ0v) is 13.1. The van der Waals surface area contributed by atoms with Gasteiger partial charge in [-0.25, -0.2) is 0 Å². The predicted octanol–water partition coefficient (Wildman–Crippen LogP) is 6.14. The average molecular weight is 321 g/mol. The third kappa shape index (κ3) is 1.42. The molecule has 1 aliphatic rings. The molecule has 3 nitrogen and oxygen atoms in total. The van der Waals surface area contributed by atoms with Gasteiger partial charge in [-0.15, -0.1) is 0 Å². The molecule has 1 aliphatic carbocycles. The number of non-ortho nitro benzene ring substituents is 1. The molecule has 0 N–H and O–H groups in total. The Morgan fingerprint density at radius 2 is 1.36 bits per heavy atom. The SMILES string of the molecule is O=[N+]([O-])c1cc2c3c(cc4cccc5ccc1c3c54)-c1ccccc1-2. The number of fused-ring (bicyclic) bond motifs is 3. The molecule has 0 saturated carbocycles. The van der Waals surface area contributed by atoms with E-state index in [0.717, 1.165) is 49.0 Å². The van der Waals surface area contributed by atoms with Crippen molar-refractivity contribution in [1.29, 1.82) is 0 Å². The van der Waals surface area contributed by atoms with Crippen LogP contribution >= 0.6 is 0 Å². The molecule has 3 heteroatoms. The summed E-state index contributed by atoms with van der Waals surface area (Å²) in [6.45, 7) is 0. The lowest BCUT2D eigenvalue weighted by molar-refractivity contribution is -0.383. The molecule has 0 unspecified atom stereocenters. The number of hydrogen-bond donors (Lipinski definition) is 0. The number of nitro groups is 1. The molecular formula is C22H11NO2. The summed E-state index contributed by atoms with van der Waals surface area (Å²) in [5, 5.41) is 18.0. The third-order valence-electron chi connectivity index (χ3n) is 5.43. The second-order valence-corrected chi connectivity index (χ2v) is 6.61. The summed E-state index contributed by atoms with van der Waals surface area (Å²) in [6, 6.07) is 22.3. The van der Waals surface area contributed by atoms with Gasteiger partial charge in [0.2, 0.25) is 0 Å². The third-order valence-corrected chi connectivity index (χ3v) is 5.43. The van der Waals surface area contributed by atoms with Crippen LogP contribution < -0.4 is 0 Å². The molecule has 0 aromatic heterocycles. The van der Waals surface area contributed by atoms with Gasteiger partial charge in [0.05, 0.1) is 10.3 Å². The summed E-state index contributed by atoms with van der Waals surface area (Å²) >= 11 is 0. The van der Waals surface area contributed by atoms with Gasteiger partial charge in [0.1, 0.15) is 0 Å². The smallest absolute Gasteiger partial charge is 0.258 e. The second-order valence-electron chi connectivity index (χ2n) is 6.61. The molecule has 0 radical (unpaired) electrons. The van der Waals surface area contributed by atoms with Gasteiger partial charge < -0.3 is 0 Å². The van der Waals surface area contributed by atoms with Crippen LogP contribution in [0.25, 0.3) is 54.6 Å². The van der Waals surface area contributed by atoms with Crippen LogP contribution in [-0.4, -0.2) is 4.92 Å². The van der Waals surface area contributed by atoms with E-state index < -0.39 is 0 Å². The Bertz CT molecular complexity index is 1370. The summed E-state index contributed by atoms with van der Waals surface area (Å²) in [5.74, 6) is 0. The minimum absolute atomic E-state index is 0.184. The van der Waals surface area contributed by atoms with E-state index in [-0.39, 0.29) is 10.6 Å². The molecular weight excluding hydrogens is 310 g/mol. The van der Waals surface area contributed by atoms with Crippen LogP contribution in [0.15, 0.2) is 66.7 Å².